The Kier molecular flexibility index (Phi) is 3.64. The first-order valence-electron chi connectivity index (χ1n) is 4.41. The first kappa shape index (κ1) is 10.7. The van der Waals surface area contributed by atoms with E-state index in [2.05, 4.69) is 5.10 Å². The minimum Gasteiger partial charge on any atom is -0.478 e. The molecule has 1 rings (SSSR count). The molecule has 0 unspecified atom stereocenters. The third-order valence-corrected chi connectivity index (χ3v) is 1.91. The molecule has 0 bridgehead atoms. The number of nitrogens with zero attached hydrogens (tertiary/aromatic N) is 2. The molecule has 0 spiro atoms. The number of methoxy groups -OCH3 is 1. The third-order valence-electron chi connectivity index (χ3n) is 1.91. The second kappa shape index (κ2) is 4.76. The predicted octanol–water partition coefficient (Wildman–Crippen LogP) is 0.926. The van der Waals surface area contributed by atoms with Crippen molar-refractivity contribution in [2.45, 2.75) is 19.9 Å². The molecule has 0 radical (unpaired) electrons. The lowest BCUT2D eigenvalue weighted by Crippen LogP contribution is -2.02. The Balaban J connectivity index is 2.62. The highest BCUT2D eigenvalue weighted by atomic mass is 16.5. The van der Waals surface area contributed by atoms with E-state index in [0.717, 1.165) is 6.42 Å². The molecule has 14 heavy (non-hydrogen) atoms. The van der Waals surface area contributed by atoms with Crippen LogP contribution in [0.4, 0.5) is 0 Å². The number of rotatable bonds is 5. The van der Waals surface area contributed by atoms with Gasteiger partial charge in [-0.2, -0.15) is 5.10 Å². The molecule has 5 nitrogen and oxygen atoms in total. The van der Waals surface area contributed by atoms with Crippen LogP contribution in [0.5, 0.6) is 0 Å². The molecule has 0 amide bonds. The van der Waals surface area contributed by atoms with Gasteiger partial charge in [0.2, 0.25) is 0 Å². The summed E-state index contributed by atoms with van der Waals surface area (Å²) >= 11 is 0. The number of hydrogen-bond acceptors (Lipinski definition) is 3. The van der Waals surface area contributed by atoms with Crippen molar-refractivity contribution in [3.05, 3.63) is 17.5 Å². The molecular formula is C9H14N2O3. The molecule has 0 aromatic carbocycles. The van der Waals surface area contributed by atoms with Crippen LogP contribution in [-0.2, 0) is 11.3 Å². The van der Waals surface area contributed by atoms with Crippen LogP contribution in [0, 0.1) is 6.92 Å². The number of aryl methyl sites for hydroxylation is 2. The summed E-state index contributed by atoms with van der Waals surface area (Å²) in [5.41, 5.74) is 0.817. The average molecular weight is 198 g/mol. The second-order valence-electron chi connectivity index (χ2n) is 3.04. The molecule has 1 N–H and O–H groups in total. The molecular weight excluding hydrogens is 184 g/mol. The number of ether oxygens (including phenoxy) is 1. The van der Waals surface area contributed by atoms with E-state index in [-0.39, 0.29) is 5.56 Å². The highest BCUT2D eigenvalue weighted by molar-refractivity contribution is 5.88. The summed E-state index contributed by atoms with van der Waals surface area (Å²) in [6, 6.07) is 0. The highest BCUT2D eigenvalue weighted by Crippen LogP contribution is 2.05. The summed E-state index contributed by atoms with van der Waals surface area (Å²) in [5, 5.41) is 12.9. The van der Waals surface area contributed by atoms with Crippen molar-refractivity contribution in [3.63, 3.8) is 0 Å². The van der Waals surface area contributed by atoms with Crippen LogP contribution >= 0.6 is 0 Å². The molecule has 0 aliphatic heterocycles. The maximum absolute atomic E-state index is 10.7. The van der Waals surface area contributed by atoms with Crippen LogP contribution in [0.1, 0.15) is 22.5 Å². The Hall–Kier alpha value is -1.36. The summed E-state index contributed by atoms with van der Waals surface area (Å²) in [6.45, 7) is 3.03. The number of carboxylic acids is 1. The monoisotopic (exact) mass is 198 g/mol. The van der Waals surface area contributed by atoms with Gasteiger partial charge < -0.3 is 9.84 Å². The Labute approximate surface area is 82.3 Å². The van der Waals surface area contributed by atoms with Gasteiger partial charge in [-0.15, -0.1) is 0 Å². The van der Waals surface area contributed by atoms with E-state index in [1.165, 1.54) is 0 Å². The van der Waals surface area contributed by atoms with Gasteiger partial charge in [-0.1, -0.05) is 0 Å². The highest BCUT2D eigenvalue weighted by Gasteiger charge is 2.10. The smallest absolute Gasteiger partial charge is 0.339 e. The summed E-state index contributed by atoms with van der Waals surface area (Å²) in [6.07, 6.45) is 2.38. The molecule has 0 atom stereocenters. The van der Waals surface area contributed by atoms with Crippen LogP contribution in [-0.4, -0.2) is 34.6 Å². The van der Waals surface area contributed by atoms with E-state index in [1.54, 1.807) is 24.9 Å². The molecule has 1 heterocycles. The Morgan fingerprint density at radius 1 is 1.71 bits per heavy atom. The van der Waals surface area contributed by atoms with Crippen molar-refractivity contribution in [1.82, 2.24) is 9.78 Å². The van der Waals surface area contributed by atoms with Gasteiger partial charge in [0.25, 0.3) is 0 Å². The van der Waals surface area contributed by atoms with Gasteiger partial charge in [0.15, 0.2) is 0 Å². The number of carbonyl (C=O) groups is 1. The zero-order valence-electron chi connectivity index (χ0n) is 8.36. The molecule has 1 aromatic heterocycles. The van der Waals surface area contributed by atoms with Crippen molar-refractivity contribution in [2.24, 2.45) is 0 Å². The maximum atomic E-state index is 10.7. The zero-order valence-corrected chi connectivity index (χ0v) is 8.36. The largest absolute Gasteiger partial charge is 0.478 e. The summed E-state index contributed by atoms with van der Waals surface area (Å²) < 4.78 is 6.53. The van der Waals surface area contributed by atoms with E-state index >= 15 is 0 Å². The van der Waals surface area contributed by atoms with Crippen molar-refractivity contribution < 1.29 is 14.6 Å². The molecule has 78 valence electrons. The van der Waals surface area contributed by atoms with Gasteiger partial charge in [0.05, 0.1) is 5.69 Å². The fraction of sp³-hybridized carbons (Fsp3) is 0.556. The van der Waals surface area contributed by atoms with Crippen LogP contribution in [0.15, 0.2) is 6.20 Å². The van der Waals surface area contributed by atoms with E-state index in [1.807, 2.05) is 0 Å². The standard InChI is InChI=1S/C9H14N2O3/c1-7-8(9(12)13)6-11(10-7)4-3-5-14-2/h6H,3-5H2,1-2H3,(H,12,13). The topological polar surface area (TPSA) is 64.3 Å². The lowest BCUT2D eigenvalue weighted by molar-refractivity contribution is 0.0696. The molecule has 0 saturated heterocycles. The van der Waals surface area contributed by atoms with Gasteiger partial charge in [-0.25, -0.2) is 4.79 Å². The number of carboxylic acid groups (broad SMARTS) is 1. The van der Waals surface area contributed by atoms with Crippen molar-refractivity contribution in [1.29, 1.82) is 0 Å². The van der Waals surface area contributed by atoms with Gasteiger partial charge in [0.1, 0.15) is 5.56 Å². The predicted molar refractivity (Wildman–Crippen MR) is 50.4 cm³/mol. The zero-order chi connectivity index (χ0) is 10.6. The Morgan fingerprint density at radius 2 is 2.43 bits per heavy atom. The van der Waals surface area contributed by atoms with Crippen LogP contribution < -0.4 is 0 Å². The fourth-order valence-electron chi connectivity index (χ4n) is 1.21. The fourth-order valence-corrected chi connectivity index (χ4v) is 1.21. The van der Waals surface area contributed by atoms with Gasteiger partial charge in [0, 0.05) is 26.5 Å². The lowest BCUT2D eigenvalue weighted by atomic mass is 10.3. The van der Waals surface area contributed by atoms with Gasteiger partial charge in [-0.3, -0.25) is 4.68 Å². The summed E-state index contributed by atoms with van der Waals surface area (Å²) in [4.78, 5) is 10.7. The minimum atomic E-state index is -0.930. The number of hydrogen-bond donors (Lipinski definition) is 1. The molecule has 1 aromatic rings. The van der Waals surface area contributed by atoms with E-state index < -0.39 is 5.97 Å². The third kappa shape index (κ3) is 2.56. The van der Waals surface area contributed by atoms with Gasteiger partial charge >= 0.3 is 5.97 Å². The average Bonchev–Trinajstić information content (AvgIpc) is 2.47. The Bertz CT molecular complexity index is 320. The van der Waals surface area contributed by atoms with Crippen molar-refractivity contribution >= 4 is 5.97 Å². The number of aromatic nitrogens is 2. The first-order valence-corrected chi connectivity index (χ1v) is 4.41. The number of aromatic carboxylic acids is 1. The molecule has 0 aliphatic rings. The maximum Gasteiger partial charge on any atom is 0.339 e. The van der Waals surface area contributed by atoms with Crippen LogP contribution in [0.25, 0.3) is 0 Å². The molecule has 0 saturated carbocycles. The van der Waals surface area contributed by atoms with Crippen molar-refractivity contribution in [3.8, 4) is 0 Å². The quantitative estimate of drug-likeness (QED) is 0.715. The van der Waals surface area contributed by atoms with Crippen molar-refractivity contribution in [2.75, 3.05) is 13.7 Å². The minimum absolute atomic E-state index is 0.266. The first-order chi connectivity index (χ1) is 6.65. The molecule has 0 aliphatic carbocycles. The van der Waals surface area contributed by atoms with Crippen LogP contribution in [0.2, 0.25) is 0 Å². The Morgan fingerprint density at radius 3 is 2.93 bits per heavy atom. The summed E-state index contributed by atoms with van der Waals surface area (Å²) in [5.74, 6) is -0.930. The van der Waals surface area contributed by atoms with E-state index in [9.17, 15) is 4.79 Å². The van der Waals surface area contributed by atoms with Crippen LogP contribution in [0.3, 0.4) is 0 Å². The second-order valence-corrected chi connectivity index (χ2v) is 3.04. The van der Waals surface area contributed by atoms with Gasteiger partial charge in [-0.05, 0) is 13.3 Å². The van der Waals surface area contributed by atoms with E-state index in [0.29, 0.717) is 18.8 Å². The summed E-state index contributed by atoms with van der Waals surface area (Å²) in [7, 11) is 1.64. The molecule has 5 heteroatoms. The normalized spacial score (nSPS) is 10.4. The molecule has 0 fully saturated rings. The lowest BCUT2D eigenvalue weighted by Gasteiger charge is -1.99. The van der Waals surface area contributed by atoms with E-state index in [4.69, 9.17) is 9.84 Å². The SMILES string of the molecule is COCCCn1cc(C(=O)O)c(C)n1.